The average molecular weight is 620 g/mol. The summed E-state index contributed by atoms with van der Waals surface area (Å²) in [4.78, 5) is 58.4. The molecule has 5 rings (SSSR count). The molecule has 1 aliphatic rings. The lowest BCUT2D eigenvalue weighted by atomic mass is 10.0. The van der Waals surface area contributed by atoms with Crippen LogP contribution >= 0.6 is 0 Å². The Kier molecular flexibility index (Phi) is 8.83. The maximum Gasteiger partial charge on any atom is 0.344 e. The Labute approximate surface area is 255 Å². The van der Waals surface area contributed by atoms with Crippen LogP contribution in [0.5, 0.6) is 17.4 Å². The highest BCUT2D eigenvalue weighted by Gasteiger charge is 2.56. The first-order valence-corrected chi connectivity index (χ1v) is 13.8. The Balaban J connectivity index is 1.32. The fourth-order valence-electron chi connectivity index (χ4n) is 4.40. The van der Waals surface area contributed by atoms with Gasteiger partial charge in [-0.05, 0) is 56.2 Å². The molecule has 0 radical (unpaired) electrons. The zero-order valence-electron chi connectivity index (χ0n) is 24.1. The zero-order valence-corrected chi connectivity index (χ0v) is 24.1. The largest absolute Gasteiger partial charge is 0.481 e. The molecule has 2 aromatic heterocycles. The van der Waals surface area contributed by atoms with Gasteiger partial charge in [0.15, 0.2) is 12.4 Å². The number of benzene rings is 2. The molecule has 2 aromatic carbocycles. The summed E-state index contributed by atoms with van der Waals surface area (Å²) in [5.41, 5.74) is -0.637. The van der Waals surface area contributed by atoms with Gasteiger partial charge in [0.1, 0.15) is 22.7 Å². The number of rotatable bonds is 11. The number of esters is 1. The maximum absolute atomic E-state index is 15.1. The van der Waals surface area contributed by atoms with Gasteiger partial charge in [-0.25, -0.2) is 18.6 Å². The molecule has 232 valence electrons. The van der Waals surface area contributed by atoms with Gasteiger partial charge in [0.25, 0.3) is 11.8 Å². The van der Waals surface area contributed by atoms with E-state index >= 15 is 4.39 Å². The van der Waals surface area contributed by atoms with Crippen molar-refractivity contribution in [3.8, 4) is 17.4 Å². The number of hydrogen-bond donors (Lipinski definition) is 3. The molecule has 12 nitrogen and oxygen atoms in total. The lowest BCUT2D eigenvalue weighted by Gasteiger charge is -2.16. The Morgan fingerprint density at radius 1 is 0.911 bits per heavy atom. The highest BCUT2D eigenvalue weighted by Crippen LogP contribution is 2.47. The summed E-state index contributed by atoms with van der Waals surface area (Å²) in [6.07, 6.45) is 3.13. The number of nitrogens with one attached hydrogen (secondary N) is 3. The van der Waals surface area contributed by atoms with Crippen molar-refractivity contribution in [2.75, 3.05) is 30.9 Å². The third-order valence-corrected chi connectivity index (χ3v) is 6.92. The van der Waals surface area contributed by atoms with Crippen molar-refractivity contribution in [2.24, 2.45) is 5.41 Å². The Morgan fingerprint density at radius 2 is 1.62 bits per heavy atom. The molecule has 0 atom stereocenters. The highest BCUT2D eigenvalue weighted by atomic mass is 19.1. The van der Waals surface area contributed by atoms with Crippen molar-refractivity contribution in [1.82, 2.24) is 15.3 Å². The molecule has 0 saturated heterocycles. The van der Waals surface area contributed by atoms with Gasteiger partial charge in [0.05, 0.1) is 29.6 Å². The number of hydrogen-bond acceptors (Lipinski definition) is 9. The minimum atomic E-state index is -1.35. The van der Waals surface area contributed by atoms with E-state index in [2.05, 4.69) is 25.9 Å². The van der Waals surface area contributed by atoms with E-state index in [1.165, 1.54) is 61.9 Å². The van der Waals surface area contributed by atoms with E-state index < -0.39 is 53.2 Å². The SMILES string of the molecule is CCOC(=O)COc1cc2nccc(Oc3ncc(NC(=O)C4(C(=O)Nc5ccc(F)cc5)CC4)cc3F)c2cc1C(=O)NC. The molecule has 2 heterocycles. The lowest BCUT2D eigenvalue weighted by molar-refractivity contribution is -0.145. The fraction of sp³-hybridized carbons (Fsp3) is 0.226. The first-order valence-electron chi connectivity index (χ1n) is 13.8. The molecular weight excluding hydrogens is 592 g/mol. The van der Waals surface area contributed by atoms with Crippen LogP contribution in [0, 0.1) is 17.0 Å². The number of anilines is 2. The molecule has 0 aliphatic heterocycles. The molecular formula is C31H27F2N5O7. The van der Waals surface area contributed by atoms with Gasteiger partial charge >= 0.3 is 5.97 Å². The van der Waals surface area contributed by atoms with E-state index in [-0.39, 0.29) is 42.2 Å². The van der Waals surface area contributed by atoms with E-state index in [1.54, 1.807) is 6.92 Å². The average Bonchev–Trinajstić information content (AvgIpc) is 3.84. The first kappa shape index (κ1) is 30.8. The van der Waals surface area contributed by atoms with Crippen LogP contribution in [-0.4, -0.2) is 53.9 Å². The minimum absolute atomic E-state index is 0.00409. The fourth-order valence-corrected chi connectivity index (χ4v) is 4.40. The number of pyridine rings is 2. The number of aromatic nitrogens is 2. The van der Waals surface area contributed by atoms with E-state index in [0.29, 0.717) is 16.6 Å². The summed E-state index contributed by atoms with van der Waals surface area (Å²) in [6.45, 7) is 1.39. The van der Waals surface area contributed by atoms with Gasteiger partial charge in [-0.3, -0.25) is 19.4 Å². The van der Waals surface area contributed by atoms with Crippen molar-refractivity contribution in [2.45, 2.75) is 19.8 Å². The summed E-state index contributed by atoms with van der Waals surface area (Å²) < 4.78 is 44.4. The molecule has 0 unspecified atom stereocenters. The van der Waals surface area contributed by atoms with Crippen molar-refractivity contribution < 1.29 is 42.2 Å². The molecule has 3 amide bonds. The van der Waals surface area contributed by atoms with Crippen LogP contribution in [0.4, 0.5) is 20.2 Å². The molecule has 3 N–H and O–H groups in total. The van der Waals surface area contributed by atoms with Crippen molar-refractivity contribution in [3.63, 3.8) is 0 Å². The highest BCUT2D eigenvalue weighted by molar-refractivity contribution is 6.16. The van der Waals surface area contributed by atoms with Gasteiger partial charge in [0, 0.05) is 36.5 Å². The molecule has 4 aromatic rings. The number of carbonyl (C=O) groups excluding carboxylic acids is 4. The van der Waals surface area contributed by atoms with E-state index in [4.69, 9.17) is 14.2 Å². The van der Waals surface area contributed by atoms with Crippen molar-refractivity contribution in [3.05, 3.63) is 78.1 Å². The number of nitrogens with zero attached hydrogens (tertiary/aromatic N) is 2. The van der Waals surface area contributed by atoms with Crippen LogP contribution in [-0.2, 0) is 19.1 Å². The molecule has 0 bridgehead atoms. The summed E-state index contributed by atoms with van der Waals surface area (Å²) >= 11 is 0. The monoisotopic (exact) mass is 619 g/mol. The second-order valence-corrected chi connectivity index (χ2v) is 9.96. The number of amides is 3. The second-order valence-electron chi connectivity index (χ2n) is 9.96. The van der Waals surface area contributed by atoms with Gasteiger partial charge in [0.2, 0.25) is 11.8 Å². The number of halogens is 2. The smallest absolute Gasteiger partial charge is 0.344 e. The van der Waals surface area contributed by atoms with Gasteiger partial charge < -0.3 is 30.2 Å². The van der Waals surface area contributed by atoms with Crippen LogP contribution in [0.2, 0.25) is 0 Å². The normalized spacial score (nSPS) is 13.0. The van der Waals surface area contributed by atoms with Crippen LogP contribution in [0.3, 0.4) is 0 Å². The van der Waals surface area contributed by atoms with Gasteiger partial charge in [-0.1, -0.05) is 0 Å². The summed E-state index contributed by atoms with van der Waals surface area (Å²) in [7, 11) is 1.42. The number of ether oxygens (including phenoxy) is 3. The zero-order chi connectivity index (χ0) is 32.1. The molecule has 1 aliphatic carbocycles. The van der Waals surface area contributed by atoms with Gasteiger partial charge in [-0.15, -0.1) is 0 Å². The topological polar surface area (TPSA) is 158 Å². The van der Waals surface area contributed by atoms with Crippen molar-refractivity contribution in [1.29, 1.82) is 0 Å². The van der Waals surface area contributed by atoms with E-state index in [0.717, 1.165) is 6.07 Å². The predicted molar refractivity (Wildman–Crippen MR) is 157 cm³/mol. The summed E-state index contributed by atoms with van der Waals surface area (Å²) in [6, 6.07) is 10.4. The first-order chi connectivity index (χ1) is 21.6. The predicted octanol–water partition coefficient (Wildman–Crippen LogP) is 4.36. The van der Waals surface area contributed by atoms with Crippen LogP contribution in [0.25, 0.3) is 10.9 Å². The molecule has 45 heavy (non-hydrogen) atoms. The Morgan fingerprint density at radius 3 is 2.27 bits per heavy atom. The van der Waals surface area contributed by atoms with E-state index in [1.807, 2.05) is 0 Å². The van der Waals surface area contributed by atoms with Gasteiger partial charge in [-0.2, -0.15) is 0 Å². The standard InChI is InChI=1S/C31H27F2N5O7/c1-3-43-26(39)16-44-25-14-23-20(13-21(25)27(40)34-2)24(8-11-35-23)45-28-22(33)12-19(15-36-28)38-30(42)31(9-10-31)29(41)37-18-6-4-17(32)5-7-18/h4-8,11-15H,3,9-10,16H2,1-2H3,(H,34,40)(H,37,41)(H,38,42). The quantitative estimate of drug-likeness (QED) is 0.164. The minimum Gasteiger partial charge on any atom is -0.481 e. The molecule has 0 spiro atoms. The third-order valence-electron chi connectivity index (χ3n) is 6.92. The summed E-state index contributed by atoms with van der Waals surface area (Å²) in [5, 5.41) is 7.94. The number of fused-ring (bicyclic) bond motifs is 1. The molecule has 1 fully saturated rings. The van der Waals surface area contributed by atoms with Crippen molar-refractivity contribution >= 4 is 46.0 Å². The lowest BCUT2D eigenvalue weighted by Crippen LogP contribution is -2.35. The molecule has 14 heteroatoms. The van der Waals surface area contributed by atoms with E-state index in [9.17, 15) is 23.6 Å². The Bertz CT molecular complexity index is 1800. The molecule has 1 saturated carbocycles. The van der Waals surface area contributed by atoms with Crippen LogP contribution < -0.4 is 25.4 Å². The maximum atomic E-state index is 15.1. The van der Waals surface area contributed by atoms with Crippen LogP contribution in [0.1, 0.15) is 30.1 Å². The number of carbonyl (C=O) groups is 4. The second kappa shape index (κ2) is 12.9. The summed E-state index contributed by atoms with van der Waals surface area (Å²) in [5.74, 6) is -3.97. The Hall–Kier alpha value is -5.66. The third kappa shape index (κ3) is 6.79. The van der Waals surface area contributed by atoms with Crippen LogP contribution in [0.15, 0.2) is 60.9 Å².